The van der Waals surface area contributed by atoms with Gasteiger partial charge in [0.2, 0.25) is 0 Å². The molecule has 0 heterocycles. The fourth-order valence-corrected chi connectivity index (χ4v) is 2.15. The van der Waals surface area contributed by atoms with E-state index in [1.807, 2.05) is 19.1 Å². The molecule has 102 valence electrons. The van der Waals surface area contributed by atoms with E-state index in [2.05, 4.69) is 26.9 Å². The van der Waals surface area contributed by atoms with Gasteiger partial charge in [0.1, 0.15) is 0 Å². The summed E-state index contributed by atoms with van der Waals surface area (Å²) in [5.74, 6) is -1.19. The molecular weight excluding hydrogens is 308 g/mol. The minimum Gasteiger partial charge on any atom is -0.481 e. The van der Waals surface area contributed by atoms with Gasteiger partial charge in [0, 0.05) is 17.6 Å². The molecule has 0 radical (unpaired) electrons. The molecular formula is C14H17BrN2O2. The van der Waals surface area contributed by atoms with Crippen molar-refractivity contribution in [1.29, 1.82) is 5.26 Å². The lowest BCUT2D eigenvalue weighted by Crippen LogP contribution is -2.31. The Balaban J connectivity index is 2.81. The van der Waals surface area contributed by atoms with Crippen molar-refractivity contribution in [3.63, 3.8) is 0 Å². The van der Waals surface area contributed by atoms with Crippen molar-refractivity contribution in [2.24, 2.45) is 5.92 Å². The number of hydrogen-bond acceptors (Lipinski definition) is 3. The van der Waals surface area contributed by atoms with Gasteiger partial charge in [-0.2, -0.15) is 5.26 Å². The highest BCUT2D eigenvalue weighted by Crippen LogP contribution is 2.20. The van der Waals surface area contributed by atoms with E-state index in [1.54, 1.807) is 13.0 Å². The lowest BCUT2D eigenvalue weighted by atomic mass is 10.1. The molecule has 0 aliphatic heterocycles. The summed E-state index contributed by atoms with van der Waals surface area (Å²) in [6, 6.07) is 7.55. The van der Waals surface area contributed by atoms with Gasteiger partial charge in [-0.1, -0.05) is 29.8 Å². The number of carboxylic acids is 1. The molecule has 0 aliphatic rings. The summed E-state index contributed by atoms with van der Waals surface area (Å²) in [7, 11) is 0. The van der Waals surface area contributed by atoms with Gasteiger partial charge >= 0.3 is 5.97 Å². The van der Waals surface area contributed by atoms with Crippen LogP contribution in [0.1, 0.15) is 25.0 Å². The first-order valence-electron chi connectivity index (χ1n) is 6.11. The van der Waals surface area contributed by atoms with Crippen molar-refractivity contribution in [1.82, 2.24) is 4.90 Å². The third-order valence-electron chi connectivity index (χ3n) is 2.97. The summed E-state index contributed by atoms with van der Waals surface area (Å²) in [5, 5.41) is 17.9. The van der Waals surface area contributed by atoms with Gasteiger partial charge in [-0.3, -0.25) is 9.69 Å². The summed E-state index contributed by atoms with van der Waals surface area (Å²) in [5.41, 5.74) is 1.61. The van der Waals surface area contributed by atoms with E-state index in [-0.39, 0.29) is 0 Å². The maximum absolute atomic E-state index is 10.9. The second kappa shape index (κ2) is 7.27. The number of rotatable bonds is 6. The maximum atomic E-state index is 10.9. The zero-order chi connectivity index (χ0) is 14.4. The molecule has 1 rings (SSSR count). The monoisotopic (exact) mass is 324 g/mol. The third kappa shape index (κ3) is 4.66. The first-order chi connectivity index (χ1) is 8.97. The predicted octanol–water partition coefficient (Wildman–Crippen LogP) is 2.86. The second-order valence-corrected chi connectivity index (χ2v) is 5.34. The second-order valence-electron chi connectivity index (χ2n) is 4.49. The highest BCUT2D eigenvalue weighted by molar-refractivity contribution is 9.10. The number of hydrogen-bond donors (Lipinski definition) is 1. The number of halogens is 1. The van der Waals surface area contributed by atoms with E-state index in [0.717, 1.165) is 16.6 Å². The number of carbonyl (C=O) groups is 1. The molecule has 1 unspecified atom stereocenters. The molecule has 0 bridgehead atoms. The van der Waals surface area contributed by atoms with Crippen LogP contribution in [0, 0.1) is 17.2 Å². The normalized spacial score (nSPS) is 12.2. The Hall–Kier alpha value is -1.38. The summed E-state index contributed by atoms with van der Waals surface area (Å²) in [6.07, 6.45) is 0. The van der Waals surface area contributed by atoms with E-state index >= 15 is 0 Å². The Kier molecular flexibility index (Phi) is 6.00. The van der Waals surface area contributed by atoms with Crippen molar-refractivity contribution in [3.8, 4) is 6.07 Å². The number of nitrogens with zero attached hydrogens (tertiary/aromatic N) is 2. The van der Waals surface area contributed by atoms with Gasteiger partial charge in [0.05, 0.1) is 17.6 Å². The Morgan fingerprint density at radius 3 is 2.79 bits per heavy atom. The van der Waals surface area contributed by atoms with Gasteiger partial charge in [-0.15, -0.1) is 0 Å². The summed E-state index contributed by atoms with van der Waals surface area (Å²) in [6.45, 7) is 5.59. The van der Waals surface area contributed by atoms with Gasteiger partial charge in [0.25, 0.3) is 0 Å². The van der Waals surface area contributed by atoms with Crippen LogP contribution in [0.5, 0.6) is 0 Å². The SMILES string of the molecule is CCN(Cc1cc(C#N)ccc1Br)CC(C)C(=O)O. The smallest absolute Gasteiger partial charge is 0.307 e. The first-order valence-corrected chi connectivity index (χ1v) is 6.90. The average molecular weight is 325 g/mol. The molecule has 4 nitrogen and oxygen atoms in total. The molecule has 0 aromatic heterocycles. The molecule has 1 aromatic rings. The van der Waals surface area contributed by atoms with Crippen LogP contribution in [0.2, 0.25) is 0 Å². The van der Waals surface area contributed by atoms with Crippen LogP contribution in [0.3, 0.4) is 0 Å². The molecule has 1 aromatic carbocycles. The van der Waals surface area contributed by atoms with Crippen LogP contribution >= 0.6 is 15.9 Å². The fraction of sp³-hybridized carbons (Fsp3) is 0.429. The standard InChI is InChI=1S/C14H17BrN2O2/c1-3-17(8-10(2)14(18)19)9-12-6-11(7-16)4-5-13(12)15/h4-6,10H,3,8-9H2,1-2H3,(H,18,19). The molecule has 1 atom stereocenters. The highest BCUT2D eigenvalue weighted by atomic mass is 79.9. The van der Waals surface area contributed by atoms with Gasteiger partial charge in [0.15, 0.2) is 0 Å². The van der Waals surface area contributed by atoms with Crippen molar-refractivity contribution < 1.29 is 9.90 Å². The van der Waals surface area contributed by atoms with Crippen LogP contribution in [-0.4, -0.2) is 29.1 Å². The Morgan fingerprint density at radius 1 is 1.58 bits per heavy atom. The van der Waals surface area contributed by atoms with E-state index < -0.39 is 11.9 Å². The molecule has 0 amide bonds. The molecule has 0 spiro atoms. The van der Waals surface area contributed by atoms with Crippen LogP contribution in [-0.2, 0) is 11.3 Å². The Morgan fingerprint density at radius 2 is 2.26 bits per heavy atom. The van der Waals surface area contributed by atoms with E-state index in [1.165, 1.54) is 0 Å². The summed E-state index contributed by atoms with van der Waals surface area (Å²) >= 11 is 3.46. The molecule has 0 saturated carbocycles. The minimum atomic E-state index is -0.789. The van der Waals surface area contributed by atoms with Gasteiger partial charge < -0.3 is 5.11 Å². The lowest BCUT2D eigenvalue weighted by Gasteiger charge is -2.23. The summed E-state index contributed by atoms with van der Waals surface area (Å²) < 4.78 is 0.938. The number of aliphatic carboxylic acids is 1. The maximum Gasteiger partial charge on any atom is 0.307 e. The third-order valence-corrected chi connectivity index (χ3v) is 3.74. The molecule has 0 fully saturated rings. The molecule has 0 aliphatic carbocycles. The van der Waals surface area contributed by atoms with Crippen LogP contribution < -0.4 is 0 Å². The number of benzene rings is 1. The number of carboxylic acid groups (broad SMARTS) is 1. The van der Waals surface area contributed by atoms with E-state index in [0.29, 0.717) is 18.7 Å². The summed E-state index contributed by atoms with van der Waals surface area (Å²) in [4.78, 5) is 12.9. The number of nitriles is 1. The van der Waals surface area contributed by atoms with Gasteiger partial charge in [-0.05, 0) is 30.3 Å². The lowest BCUT2D eigenvalue weighted by molar-refractivity contribution is -0.141. The quantitative estimate of drug-likeness (QED) is 0.873. The van der Waals surface area contributed by atoms with Crippen LogP contribution in [0.25, 0.3) is 0 Å². The molecule has 1 N–H and O–H groups in total. The zero-order valence-electron chi connectivity index (χ0n) is 11.1. The highest BCUT2D eigenvalue weighted by Gasteiger charge is 2.16. The van der Waals surface area contributed by atoms with Crippen molar-refractivity contribution >= 4 is 21.9 Å². The van der Waals surface area contributed by atoms with Gasteiger partial charge in [-0.25, -0.2) is 0 Å². The predicted molar refractivity (Wildman–Crippen MR) is 76.6 cm³/mol. The largest absolute Gasteiger partial charge is 0.481 e. The average Bonchev–Trinajstić information content (AvgIpc) is 2.39. The Bertz CT molecular complexity index is 497. The Labute approximate surface area is 121 Å². The van der Waals surface area contributed by atoms with E-state index in [4.69, 9.17) is 10.4 Å². The van der Waals surface area contributed by atoms with Crippen LogP contribution in [0.4, 0.5) is 0 Å². The molecule has 0 saturated heterocycles. The molecule has 5 heteroatoms. The van der Waals surface area contributed by atoms with Crippen molar-refractivity contribution in [2.75, 3.05) is 13.1 Å². The van der Waals surface area contributed by atoms with E-state index in [9.17, 15) is 4.79 Å². The van der Waals surface area contributed by atoms with Crippen molar-refractivity contribution in [2.45, 2.75) is 20.4 Å². The zero-order valence-corrected chi connectivity index (χ0v) is 12.6. The minimum absolute atomic E-state index is 0.405. The molecule has 19 heavy (non-hydrogen) atoms. The topological polar surface area (TPSA) is 64.3 Å². The van der Waals surface area contributed by atoms with Crippen molar-refractivity contribution in [3.05, 3.63) is 33.8 Å². The first kappa shape index (κ1) is 15.7. The van der Waals surface area contributed by atoms with Crippen LogP contribution in [0.15, 0.2) is 22.7 Å². The fourth-order valence-electron chi connectivity index (χ4n) is 1.78.